The first-order valence-electron chi connectivity index (χ1n) is 6.64. The number of aryl methyl sites for hydroxylation is 1. The molecule has 1 aromatic rings. The van der Waals surface area contributed by atoms with Crippen LogP contribution in [-0.4, -0.2) is 27.2 Å². The second kappa shape index (κ2) is 7.74. The lowest BCUT2D eigenvalue weighted by atomic mass is 9.97. The summed E-state index contributed by atoms with van der Waals surface area (Å²) in [4.78, 5) is 14.8. The van der Waals surface area contributed by atoms with Gasteiger partial charge in [0.15, 0.2) is 0 Å². The topological polar surface area (TPSA) is 67.2 Å². The van der Waals surface area contributed by atoms with Crippen molar-refractivity contribution in [1.82, 2.24) is 9.55 Å². The number of carboxylic acid groups (broad SMARTS) is 1. The second-order valence-corrected chi connectivity index (χ2v) is 4.46. The molecule has 102 valence electrons. The highest BCUT2D eigenvalue weighted by Crippen LogP contribution is 2.15. The van der Waals surface area contributed by atoms with Crippen LogP contribution in [0.15, 0.2) is 12.4 Å². The Balaban J connectivity index is 2.28. The molecule has 1 atom stereocenters. The van der Waals surface area contributed by atoms with Crippen LogP contribution in [0.4, 0.5) is 5.95 Å². The number of nitrogens with zero attached hydrogens (tertiary/aromatic N) is 2. The highest BCUT2D eigenvalue weighted by Gasteiger charge is 2.09. The summed E-state index contributed by atoms with van der Waals surface area (Å²) in [5.41, 5.74) is 0. The summed E-state index contributed by atoms with van der Waals surface area (Å²) in [6.07, 6.45) is 6.77. The predicted molar refractivity (Wildman–Crippen MR) is 71.7 cm³/mol. The molecule has 0 aliphatic carbocycles. The van der Waals surface area contributed by atoms with Crippen LogP contribution in [0.25, 0.3) is 0 Å². The van der Waals surface area contributed by atoms with Crippen molar-refractivity contribution >= 4 is 11.9 Å². The van der Waals surface area contributed by atoms with E-state index in [9.17, 15) is 4.79 Å². The highest BCUT2D eigenvalue weighted by atomic mass is 16.4. The molecule has 1 unspecified atom stereocenters. The van der Waals surface area contributed by atoms with Crippen molar-refractivity contribution in [2.75, 3.05) is 11.9 Å². The fourth-order valence-electron chi connectivity index (χ4n) is 2.00. The number of carbonyl (C=O) groups is 1. The third-order valence-corrected chi connectivity index (χ3v) is 3.24. The Morgan fingerprint density at radius 1 is 1.50 bits per heavy atom. The molecule has 2 N–H and O–H groups in total. The number of aliphatic carboxylic acids is 1. The minimum atomic E-state index is -0.706. The molecule has 5 heteroatoms. The Bertz CT molecular complexity index is 363. The average Bonchev–Trinajstić information content (AvgIpc) is 2.80. The number of rotatable bonds is 9. The Hall–Kier alpha value is -1.52. The molecular formula is C13H23N3O2. The van der Waals surface area contributed by atoms with Crippen LogP contribution in [0, 0.1) is 5.92 Å². The smallest absolute Gasteiger partial charge is 0.303 e. The molecule has 1 aromatic heterocycles. The summed E-state index contributed by atoms with van der Waals surface area (Å²) in [6, 6.07) is 0. The molecule has 5 nitrogen and oxygen atoms in total. The van der Waals surface area contributed by atoms with Gasteiger partial charge in [-0.1, -0.05) is 13.3 Å². The SMILES string of the molecule is CCC(CCNc1nccn1CC)CCC(=O)O. The van der Waals surface area contributed by atoms with E-state index in [-0.39, 0.29) is 6.42 Å². The van der Waals surface area contributed by atoms with Gasteiger partial charge in [-0.3, -0.25) is 4.79 Å². The van der Waals surface area contributed by atoms with Crippen molar-refractivity contribution in [3.8, 4) is 0 Å². The van der Waals surface area contributed by atoms with Crippen molar-refractivity contribution in [3.05, 3.63) is 12.4 Å². The van der Waals surface area contributed by atoms with Gasteiger partial charge in [-0.15, -0.1) is 0 Å². The molecule has 0 aliphatic rings. The molecule has 0 aromatic carbocycles. The molecule has 0 radical (unpaired) electrons. The zero-order valence-corrected chi connectivity index (χ0v) is 11.2. The molecule has 0 aliphatic heterocycles. The van der Waals surface area contributed by atoms with Crippen molar-refractivity contribution in [1.29, 1.82) is 0 Å². The number of carboxylic acids is 1. The van der Waals surface area contributed by atoms with Crippen LogP contribution >= 0.6 is 0 Å². The van der Waals surface area contributed by atoms with Gasteiger partial charge in [0.05, 0.1) is 0 Å². The third kappa shape index (κ3) is 4.77. The Morgan fingerprint density at radius 2 is 2.28 bits per heavy atom. The van der Waals surface area contributed by atoms with Gasteiger partial charge in [0.25, 0.3) is 0 Å². The summed E-state index contributed by atoms with van der Waals surface area (Å²) in [5.74, 6) is 0.659. The predicted octanol–water partition coefficient (Wildman–Crippen LogP) is 2.60. The van der Waals surface area contributed by atoms with Gasteiger partial charge in [0, 0.05) is 31.9 Å². The van der Waals surface area contributed by atoms with Gasteiger partial charge >= 0.3 is 5.97 Å². The normalized spacial score (nSPS) is 12.3. The van der Waals surface area contributed by atoms with E-state index in [1.807, 2.05) is 6.20 Å². The molecule has 0 fully saturated rings. The summed E-state index contributed by atoms with van der Waals surface area (Å²) in [6.45, 7) is 5.93. The summed E-state index contributed by atoms with van der Waals surface area (Å²) in [5, 5.41) is 12.0. The summed E-state index contributed by atoms with van der Waals surface area (Å²) < 4.78 is 2.05. The monoisotopic (exact) mass is 253 g/mol. The van der Waals surface area contributed by atoms with Crippen molar-refractivity contribution in [2.45, 2.75) is 46.1 Å². The van der Waals surface area contributed by atoms with Crippen LogP contribution in [0.5, 0.6) is 0 Å². The van der Waals surface area contributed by atoms with E-state index < -0.39 is 5.97 Å². The molecule has 0 amide bonds. The quantitative estimate of drug-likeness (QED) is 0.710. The Morgan fingerprint density at radius 3 is 2.89 bits per heavy atom. The van der Waals surface area contributed by atoms with Crippen molar-refractivity contribution in [2.24, 2.45) is 5.92 Å². The Labute approximate surface area is 108 Å². The zero-order valence-electron chi connectivity index (χ0n) is 11.2. The maximum absolute atomic E-state index is 10.5. The van der Waals surface area contributed by atoms with E-state index in [2.05, 4.69) is 28.7 Å². The second-order valence-electron chi connectivity index (χ2n) is 4.46. The fourth-order valence-corrected chi connectivity index (χ4v) is 2.00. The fraction of sp³-hybridized carbons (Fsp3) is 0.692. The third-order valence-electron chi connectivity index (χ3n) is 3.24. The molecular weight excluding hydrogens is 230 g/mol. The standard InChI is InChI=1S/C13H23N3O2/c1-3-11(5-6-12(17)18)7-8-14-13-15-9-10-16(13)4-2/h9-11H,3-8H2,1-2H3,(H,14,15)(H,17,18). The molecule has 0 spiro atoms. The van der Waals surface area contributed by atoms with Crippen LogP contribution in [0.2, 0.25) is 0 Å². The number of nitrogens with one attached hydrogen (secondary N) is 1. The largest absolute Gasteiger partial charge is 0.481 e. The van der Waals surface area contributed by atoms with Crippen LogP contribution in [0.3, 0.4) is 0 Å². The van der Waals surface area contributed by atoms with Gasteiger partial charge in [-0.2, -0.15) is 0 Å². The Kier molecular flexibility index (Phi) is 6.25. The number of imidazole rings is 1. The van der Waals surface area contributed by atoms with E-state index in [0.717, 1.165) is 38.3 Å². The highest BCUT2D eigenvalue weighted by molar-refractivity contribution is 5.66. The van der Waals surface area contributed by atoms with E-state index in [1.54, 1.807) is 6.20 Å². The van der Waals surface area contributed by atoms with E-state index in [4.69, 9.17) is 5.11 Å². The average molecular weight is 253 g/mol. The van der Waals surface area contributed by atoms with Gasteiger partial charge in [0.1, 0.15) is 0 Å². The maximum atomic E-state index is 10.5. The molecule has 0 bridgehead atoms. The molecule has 0 saturated heterocycles. The van der Waals surface area contributed by atoms with Gasteiger partial charge < -0.3 is 15.0 Å². The van der Waals surface area contributed by atoms with Gasteiger partial charge in [0.2, 0.25) is 5.95 Å². The van der Waals surface area contributed by atoms with Crippen LogP contribution < -0.4 is 5.32 Å². The molecule has 1 rings (SSSR count). The van der Waals surface area contributed by atoms with Crippen molar-refractivity contribution < 1.29 is 9.90 Å². The van der Waals surface area contributed by atoms with Gasteiger partial charge in [-0.25, -0.2) is 4.98 Å². The lowest BCUT2D eigenvalue weighted by Gasteiger charge is -2.14. The first kappa shape index (κ1) is 14.5. The maximum Gasteiger partial charge on any atom is 0.303 e. The van der Waals surface area contributed by atoms with Gasteiger partial charge in [-0.05, 0) is 25.7 Å². The first-order valence-corrected chi connectivity index (χ1v) is 6.64. The summed E-state index contributed by atoms with van der Waals surface area (Å²) in [7, 11) is 0. The number of aromatic nitrogens is 2. The van der Waals surface area contributed by atoms with E-state index in [0.29, 0.717) is 5.92 Å². The lowest BCUT2D eigenvalue weighted by Crippen LogP contribution is -2.13. The number of anilines is 1. The lowest BCUT2D eigenvalue weighted by molar-refractivity contribution is -0.137. The molecule has 18 heavy (non-hydrogen) atoms. The molecule has 1 heterocycles. The summed E-state index contributed by atoms with van der Waals surface area (Å²) >= 11 is 0. The van der Waals surface area contributed by atoms with Crippen molar-refractivity contribution in [3.63, 3.8) is 0 Å². The molecule has 0 saturated carbocycles. The first-order chi connectivity index (χ1) is 8.67. The number of hydrogen-bond donors (Lipinski definition) is 2. The van der Waals surface area contributed by atoms with E-state index in [1.165, 1.54) is 0 Å². The minimum absolute atomic E-state index is 0.266. The zero-order chi connectivity index (χ0) is 13.4. The number of hydrogen-bond acceptors (Lipinski definition) is 3. The van der Waals surface area contributed by atoms with Crippen LogP contribution in [-0.2, 0) is 11.3 Å². The van der Waals surface area contributed by atoms with Crippen LogP contribution in [0.1, 0.15) is 39.5 Å². The van der Waals surface area contributed by atoms with E-state index >= 15 is 0 Å². The minimum Gasteiger partial charge on any atom is -0.481 e.